The van der Waals surface area contributed by atoms with Crippen LogP contribution in [0.1, 0.15) is 45.4 Å². The summed E-state index contributed by atoms with van der Waals surface area (Å²) in [5.74, 6) is 0.0365. The van der Waals surface area contributed by atoms with Crippen LogP contribution in [0.2, 0.25) is 0 Å². The monoisotopic (exact) mass is 218 g/mol. The highest BCUT2D eigenvalue weighted by molar-refractivity contribution is 6.15. The normalized spacial score (nSPS) is 20.4. The van der Waals surface area contributed by atoms with Crippen molar-refractivity contribution in [1.82, 2.24) is 10.2 Å². The zero-order chi connectivity index (χ0) is 10.4. The van der Waals surface area contributed by atoms with E-state index < -0.39 is 0 Å². The van der Waals surface area contributed by atoms with E-state index in [1.54, 1.807) is 0 Å². The average molecular weight is 219 g/mol. The van der Waals surface area contributed by atoms with Gasteiger partial charge in [0, 0.05) is 6.04 Å². The molecule has 3 nitrogen and oxygen atoms in total. The lowest BCUT2D eigenvalue weighted by Crippen LogP contribution is -2.45. The molecule has 14 heavy (non-hydrogen) atoms. The smallest absolute Gasteiger partial charge is 0.238 e. The van der Waals surface area contributed by atoms with Crippen molar-refractivity contribution in [2.45, 2.75) is 57.5 Å². The molecule has 1 aliphatic rings. The first-order valence-electron chi connectivity index (χ1n) is 5.44. The summed E-state index contributed by atoms with van der Waals surface area (Å²) in [6, 6.07) is 0.119. The van der Waals surface area contributed by atoms with E-state index in [1.807, 2.05) is 6.92 Å². The molecule has 0 aromatic heterocycles. The van der Waals surface area contributed by atoms with Gasteiger partial charge in [-0.1, -0.05) is 26.2 Å². The zero-order valence-corrected chi connectivity index (χ0v) is 9.44. The van der Waals surface area contributed by atoms with E-state index in [0.717, 1.165) is 19.3 Å². The van der Waals surface area contributed by atoms with Gasteiger partial charge in [-0.15, -0.1) is 0 Å². The zero-order valence-electron chi connectivity index (χ0n) is 8.68. The van der Waals surface area contributed by atoms with Crippen LogP contribution < -0.4 is 10.2 Å². The lowest BCUT2D eigenvalue weighted by atomic mass is 9.95. The summed E-state index contributed by atoms with van der Waals surface area (Å²) >= 11 is 5.47. The Morgan fingerprint density at radius 2 is 2.07 bits per heavy atom. The minimum Gasteiger partial charge on any atom is -0.352 e. The Morgan fingerprint density at radius 3 is 2.57 bits per heavy atom. The van der Waals surface area contributed by atoms with Gasteiger partial charge in [0.05, 0.1) is 0 Å². The molecule has 2 N–H and O–H groups in total. The number of carbonyl (C=O) groups is 1. The van der Waals surface area contributed by atoms with Crippen molar-refractivity contribution in [2.75, 3.05) is 0 Å². The van der Waals surface area contributed by atoms with Gasteiger partial charge < -0.3 is 5.32 Å². The van der Waals surface area contributed by atoms with Crippen molar-refractivity contribution in [1.29, 1.82) is 0 Å². The third-order valence-corrected chi connectivity index (χ3v) is 3.07. The molecule has 0 saturated heterocycles. The van der Waals surface area contributed by atoms with Crippen LogP contribution in [0.4, 0.5) is 0 Å². The molecule has 0 aliphatic heterocycles. The quantitative estimate of drug-likeness (QED) is 0.709. The molecule has 1 fully saturated rings. The van der Waals surface area contributed by atoms with Crippen LogP contribution in [0.5, 0.6) is 0 Å². The fourth-order valence-corrected chi connectivity index (χ4v) is 2.11. The fourth-order valence-electron chi connectivity index (χ4n) is 1.86. The molecule has 0 radical (unpaired) electrons. The van der Waals surface area contributed by atoms with Gasteiger partial charge in [-0.05, 0) is 31.0 Å². The van der Waals surface area contributed by atoms with Crippen LogP contribution in [0, 0.1) is 0 Å². The highest BCUT2D eigenvalue weighted by Crippen LogP contribution is 2.17. The Labute approximate surface area is 90.7 Å². The highest BCUT2D eigenvalue weighted by atomic mass is 35.5. The number of nitrogens with one attached hydrogen (secondary N) is 2. The van der Waals surface area contributed by atoms with Gasteiger partial charge in [0.25, 0.3) is 0 Å². The van der Waals surface area contributed by atoms with Crippen molar-refractivity contribution in [3.8, 4) is 0 Å². The van der Waals surface area contributed by atoms with Crippen molar-refractivity contribution >= 4 is 17.7 Å². The van der Waals surface area contributed by atoms with Crippen LogP contribution in [0.15, 0.2) is 0 Å². The maximum atomic E-state index is 11.6. The second-order valence-electron chi connectivity index (χ2n) is 3.91. The number of rotatable bonds is 4. The molecular weight excluding hydrogens is 200 g/mol. The summed E-state index contributed by atoms with van der Waals surface area (Å²) in [7, 11) is 0. The maximum Gasteiger partial charge on any atom is 0.238 e. The molecule has 1 aliphatic carbocycles. The molecular formula is C10H19ClN2O. The molecule has 1 atom stereocenters. The molecule has 1 amide bonds. The molecule has 82 valence electrons. The third-order valence-electron chi connectivity index (χ3n) is 2.81. The number of halogens is 1. The van der Waals surface area contributed by atoms with E-state index in [2.05, 4.69) is 10.2 Å². The SMILES string of the molecule is CC[C@@H](NCl)C(=O)NC1CCCCC1. The van der Waals surface area contributed by atoms with Crippen molar-refractivity contribution < 1.29 is 4.79 Å². The van der Waals surface area contributed by atoms with E-state index in [9.17, 15) is 4.79 Å². The highest BCUT2D eigenvalue weighted by Gasteiger charge is 2.20. The lowest BCUT2D eigenvalue weighted by molar-refractivity contribution is -0.123. The molecule has 0 aromatic rings. The Hall–Kier alpha value is -0.280. The predicted octanol–water partition coefficient (Wildman–Crippen LogP) is 1.96. The van der Waals surface area contributed by atoms with E-state index in [-0.39, 0.29) is 11.9 Å². The minimum atomic E-state index is -0.251. The first kappa shape index (κ1) is 11.8. The van der Waals surface area contributed by atoms with Gasteiger partial charge in [-0.3, -0.25) is 4.79 Å². The van der Waals surface area contributed by atoms with Gasteiger partial charge in [-0.2, -0.15) is 0 Å². The summed E-state index contributed by atoms with van der Waals surface area (Å²) in [5, 5.41) is 3.03. The molecule has 0 bridgehead atoms. The van der Waals surface area contributed by atoms with Gasteiger partial charge in [0.1, 0.15) is 6.04 Å². The Bertz CT molecular complexity index is 177. The average Bonchev–Trinajstić information content (AvgIpc) is 2.21. The van der Waals surface area contributed by atoms with Crippen LogP contribution in [0.25, 0.3) is 0 Å². The number of hydrogen-bond donors (Lipinski definition) is 2. The molecule has 4 heteroatoms. The summed E-state index contributed by atoms with van der Waals surface area (Å²) in [6.45, 7) is 1.94. The van der Waals surface area contributed by atoms with E-state index in [1.165, 1.54) is 19.3 Å². The Morgan fingerprint density at radius 1 is 1.43 bits per heavy atom. The largest absolute Gasteiger partial charge is 0.352 e. The number of amides is 1. The van der Waals surface area contributed by atoms with Crippen LogP contribution in [0.3, 0.4) is 0 Å². The maximum absolute atomic E-state index is 11.6. The standard InChI is InChI=1S/C10H19ClN2O/c1-2-9(13-11)10(14)12-8-6-4-3-5-7-8/h8-9,13H,2-7H2,1H3,(H,12,14)/t9-/m1/s1. The van der Waals surface area contributed by atoms with Crippen molar-refractivity contribution in [3.05, 3.63) is 0 Å². The van der Waals surface area contributed by atoms with E-state index in [0.29, 0.717) is 6.04 Å². The first-order valence-corrected chi connectivity index (χ1v) is 5.82. The van der Waals surface area contributed by atoms with Gasteiger partial charge in [0.15, 0.2) is 0 Å². The summed E-state index contributed by atoms with van der Waals surface area (Å²) in [6.07, 6.45) is 6.72. The number of hydrogen-bond acceptors (Lipinski definition) is 2. The summed E-state index contributed by atoms with van der Waals surface area (Å²) in [4.78, 5) is 14.1. The molecule has 0 heterocycles. The van der Waals surface area contributed by atoms with Crippen LogP contribution in [-0.2, 0) is 4.79 Å². The Balaban J connectivity index is 2.30. The minimum absolute atomic E-state index is 0.0365. The molecule has 0 unspecified atom stereocenters. The molecule has 0 aromatic carbocycles. The van der Waals surface area contributed by atoms with Crippen LogP contribution >= 0.6 is 11.8 Å². The second kappa shape index (κ2) is 6.25. The third kappa shape index (κ3) is 3.46. The topological polar surface area (TPSA) is 41.1 Å². The molecule has 1 rings (SSSR count). The second-order valence-corrected chi connectivity index (χ2v) is 4.13. The van der Waals surface area contributed by atoms with E-state index in [4.69, 9.17) is 11.8 Å². The van der Waals surface area contributed by atoms with Gasteiger partial charge in [-0.25, -0.2) is 4.84 Å². The fraction of sp³-hybridized carbons (Fsp3) is 0.900. The summed E-state index contributed by atoms with van der Waals surface area (Å²) < 4.78 is 0. The first-order chi connectivity index (χ1) is 6.77. The van der Waals surface area contributed by atoms with Crippen LogP contribution in [-0.4, -0.2) is 18.0 Å². The predicted molar refractivity (Wildman–Crippen MR) is 58.1 cm³/mol. The van der Waals surface area contributed by atoms with E-state index >= 15 is 0 Å². The summed E-state index contributed by atoms with van der Waals surface area (Å²) in [5.41, 5.74) is 0. The van der Waals surface area contributed by atoms with Crippen molar-refractivity contribution in [2.24, 2.45) is 0 Å². The van der Waals surface area contributed by atoms with Gasteiger partial charge >= 0.3 is 0 Å². The van der Waals surface area contributed by atoms with Gasteiger partial charge in [0.2, 0.25) is 5.91 Å². The number of carbonyl (C=O) groups excluding carboxylic acids is 1. The lowest BCUT2D eigenvalue weighted by Gasteiger charge is -2.24. The van der Waals surface area contributed by atoms with Crippen molar-refractivity contribution in [3.63, 3.8) is 0 Å². The molecule has 1 saturated carbocycles. The molecule has 0 spiro atoms. The Kier molecular flexibility index (Phi) is 5.26.